The van der Waals surface area contributed by atoms with Crippen LogP contribution < -0.4 is 14.2 Å². The van der Waals surface area contributed by atoms with Crippen molar-refractivity contribution in [3.63, 3.8) is 0 Å². The Morgan fingerprint density at radius 1 is 1.35 bits per heavy atom. The number of carbonyl (C=O) groups excluding carboxylic acids is 1. The quantitative estimate of drug-likeness (QED) is 0.752. The molecule has 0 aliphatic carbocycles. The average Bonchev–Trinajstić information content (AvgIpc) is 3.01. The van der Waals surface area contributed by atoms with Gasteiger partial charge in [-0.15, -0.1) is 5.10 Å². The molecule has 122 valence electrons. The molecule has 0 bridgehead atoms. The first-order valence-corrected chi connectivity index (χ1v) is 7.92. The zero-order chi connectivity index (χ0) is 16.4. The summed E-state index contributed by atoms with van der Waals surface area (Å²) in [4.78, 5) is 14.9. The number of para-hydroxylation sites is 1. The van der Waals surface area contributed by atoms with Crippen LogP contribution in [0.25, 0.3) is 0 Å². The predicted molar refractivity (Wildman–Crippen MR) is 76.0 cm³/mol. The van der Waals surface area contributed by atoms with E-state index >= 15 is 0 Å². The van der Waals surface area contributed by atoms with Crippen LogP contribution >= 0.6 is 0 Å². The Bertz CT molecular complexity index is 847. The number of hydrogen-bond donors (Lipinski definition) is 2. The maximum absolute atomic E-state index is 12.5. The Morgan fingerprint density at radius 2 is 2.13 bits per heavy atom. The second kappa shape index (κ2) is 5.76. The number of hydrogen-bond acceptors (Lipinski definition) is 8. The summed E-state index contributed by atoms with van der Waals surface area (Å²) in [6.07, 6.45) is 0. The lowest BCUT2D eigenvalue weighted by molar-refractivity contribution is 0.0587. The highest BCUT2D eigenvalue weighted by Gasteiger charge is 2.26. The van der Waals surface area contributed by atoms with Gasteiger partial charge < -0.3 is 14.2 Å². The van der Waals surface area contributed by atoms with Gasteiger partial charge in [0.2, 0.25) is 5.82 Å². The van der Waals surface area contributed by atoms with Crippen molar-refractivity contribution in [2.75, 3.05) is 25.0 Å². The van der Waals surface area contributed by atoms with Gasteiger partial charge in [0.05, 0.1) is 7.11 Å². The zero-order valence-electron chi connectivity index (χ0n) is 11.9. The van der Waals surface area contributed by atoms with E-state index in [0.717, 1.165) is 0 Å². The van der Waals surface area contributed by atoms with Gasteiger partial charge in [-0.05, 0) is 12.1 Å². The minimum atomic E-state index is -4.03. The highest BCUT2D eigenvalue weighted by Crippen LogP contribution is 2.36. The third-order valence-electron chi connectivity index (χ3n) is 2.91. The standard InChI is InChI=1S/C12H12N4O6S/c1-20-11(17)10-13-12(15-14-10)16-23(18,19)8-4-2-3-7-9(8)22-6-5-21-7/h2-4H,5-6H2,1H3,(H2,13,14,15,16). The first-order valence-electron chi connectivity index (χ1n) is 6.43. The Morgan fingerprint density at radius 3 is 2.91 bits per heavy atom. The smallest absolute Gasteiger partial charge is 0.375 e. The van der Waals surface area contributed by atoms with Gasteiger partial charge in [0.1, 0.15) is 18.1 Å². The van der Waals surface area contributed by atoms with E-state index in [1.54, 1.807) is 6.07 Å². The summed E-state index contributed by atoms with van der Waals surface area (Å²) in [6, 6.07) is 4.50. The Kier molecular flexibility index (Phi) is 3.78. The molecule has 10 nitrogen and oxygen atoms in total. The summed E-state index contributed by atoms with van der Waals surface area (Å²) in [5.74, 6) is -0.823. The van der Waals surface area contributed by atoms with Crippen molar-refractivity contribution in [1.29, 1.82) is 0 Å². The molecule has 0 fully saturated rings. The Labute approximate surface area is 130 Å². The molecule has 3 rings (SSSR count). The molecule has 1 aromatic heterocycles. The van der Waals surface area contributed by atoms with Crippen molar-refractivity contribution in [2.24, 2.45) is 0 Å². The fourth-order valence-corrected chi connectivity index (χ4v) is 3.03. The van der Waals surface area contributed by atoms with Crippen LogP contribution in [0.5, 0.6) is 11.5 Å². The molecule has 0 saturated heterocycles. The lowest BCUT2D eigenvalue weighted by Gasteiger charge is -2.20. The largest absolute Gasteiger partial charge is 0.486 e. The molecule has 0 amide bonds. The number of ether oxygens (including phenoxy) is 3. The predicted octanol–water partition coefficient (Wildman–Crippen LogP) is 0.163. The molecule has 1 aromatic carbocycles. The first kappa shape index (κ1) is 15.1. The maximum Gasteiger partial charge on any atom is 0.375 e. The minimum absolute atomic E-state index is 0.112. The van der Waals surface area contributed by atoms with E-state index < -0.39 is 16.0 Å². The van der Waals surface area contributed by atoms with Crippen LogP contribution in [-0.2, 0) is 14.8 Å². The molecule has 2 aromatic rings. The number of benzene rings is 1. The van der Waals surface area contributed by atoms with Crippen LogP contribution in [0.1, 0.15) is 10.6 Å². The number of esters is 1. The van der Waals surface area contributed by atoms with E-state index in [1.165, 1.54) is 19.2 Å². The highest BCUT2D eigenvalue weighted by atomic mass is 32.2. The van der Waals surface area contributed by atoms with Gasteiger partial charge in [0.25, 0.3) is 16.0 Å². The van der Waals surface area contributed by atoms with Gasteiger partial charge in [0, 0.05) is 0 Å². The van der Waals surface area contributed by atoms with Crippen molar-refractivity contribution in [3.8, 4) is 11.5 Å². The fraction of sp³-hybridized carbons (Fsp3) is 0.250. The second-order valence-corrected chi connectivity index (χ2v) is 6.04. The van der Waals surface area contributed by atoms with Crippen molar-refractivity contribution >= 4 is 21.9 Å². The molecule has 0 saturated carbocycles. The molecule has 2 heterocycles. The minimum Gasteiger partial charge on any atom is -0.486 e. The normalized spacial score (nSPS) is 13.4. The monoisotopic (exact) mass is 340 g/mol. The average molecular weight is 340 g/mol. The molecule has 0 spiro atoms. The van der Waals surface area contributed by atoms with Crippen LogP contribution in [0.3, 0.4) is 0 Å². The number of methoxy groups -OCH3 is 1. The van der Waals surface area contributed by atoms with E-state index in [-0.39, 0.29) is 29.0 Å². The first-order chi connectivity index (χ1) is 11.0. The van der Waals surface area contributed by atoms with Gasteiger partial charge in [-0.25, -0.2) is 17.9 Å². The molecule has 1 aliphatic rings. The summed E-state index contributed by atoms with van der Waals surface area (Å²) in [5, 5.41) is 5.88. The number of fused-ring (bicyclic) bond motifs is 1. The van der Waals surface area contributed by atoms with Crippen molar-refractivity contribution in [2.45, 2.75) is 4.90 Å². The van der Waals surface area contributed by atoms with E-state index in [1.807, 2.05) is 0 Å². The lowest BCUT2D eigenvalue weighted by atomic mass is 10.3. The Balaban J connectivity index is 1.91. The molecule has 11 heteroatoms. The summed E-state index contributed by atoms with van der Waals surface area (Å²) in [6.45, 7) is 0.583. The molecule has 0 unspecified atom stereocenters. The number of nitrogens with one attached hydrogen (secondary N) is 2. The van der Waals surface area contributed by atoms with E-state index in [4.69, 9.17) is 9.47 Å². The van der Waals surface area contributed by atoms with Crippen LogP contribution in [0, 0.1) is 0 Å². The van der Waals surface area contributed by atoms with Gasteiger partial charge in [-0.2, -0.15) is 4.98 Å². The van der Waals surface area contributed by atoms with E-state index in [0.29, 0.717) is 12.4 Å². The van der Waals surface area contributed by atoms with Crippen LogP contribution in [0.2, 0.25) is 0 Å². The van der Waals surface area contributed by atoms with E-state index in [2.05, 4.69) is 24.6 Å². The molecule has 0 atom stereocenters. The summed E-state index contributed by atoms with van der Waals surface area (Å²) < 4.78 is 42.3. The third kappa shape index (κ3) is 2.90. The number of aromatic nitrogens is 3. The topological polar surface area (TPSA) is 132 Å². The van der Waals surface area contributed by atoms with Crippen molar-refractivity contribution in [1.82, 2.24) is 15.2 Å². The molecule has 2 N–H and O–H groups in total. The highest BCUT2D eigenvalue weighted by molar-refractivity contribution is 7.92. The van der Waals surface area contributed by atoms with E-state index in [9.17, 15) is 13.2 Å². The molecular formula is C12H12N4O6S. The number of H-pyrrole nitrogens is 1. The van der Waals surface area contributed by atoms with Gasteiger partial charge in [0.15, 0.2) is 11.5 Å². The molecule has 23 heavy (non-hydrogen) atoms. The van der Waals surface area contributed by atoms with Gasteiger partial charge in [-0.1, -0.05) is 6.07 Å². The number of rotatable bonds is 4. The van der Waals surface area contributed by atoms with Crippen LogP contribution in [-0.4, -0.2) is 49.9 Å². The van der Waals surface area contributed by atoms with Gasteiger partial charge >= 0.3 is 5.97 Å². The van der Waals surface area contributed by atoms with Gasteiger partial charge in [-0.3, -0.25) is 5.10 Å². The van der Waals surface area contributed by atoms with Crippen LogP contribution in [0.15, 0.2) is 23.1 Å². The third-order valence-corrected chi connectivity index (χ3v) is 4.26. The lowest BCUT2D eigenvalue weighted by Crippen LogP contribution is -2.20. The fourth-order valence-electron chi connectivity index (χ4n) is 1.93. The number of aromatic amines is 1. The maximum atomic E-state index is 12.5. The number of sulfonamides is 1. The van der Waals surface area contributed by atoms with Crippen molar-refractivity contribution < 1.29 is 27.4 Å². The molecular weight excluding hydrogens is 328 g/mol. The second-order valence-electron chi connectivity index (χ2n) is 4.39. The van der Waals surface area contributed by atoms with Crippen LogP contribution in [0.4, 0.5) is 5.95 Å². The molecule has 0 radical (unpaired) electrons. The zero-order valence-corrected chi connectivity index (χ0v) is 12.7. The molecule has 1 aliphatic heterocycles. The Hall–Kier alpha value is -2.82. The number of carbonyl (C=O) groups is 1. The summed E-state index contributed by atoms with van der Waals surface area (Å²) in [5.41, 5.74) is 0. The number of nitrogens with zero attached hydrogens (tertiary/aromatic N) is 2. The number of anilines is 1. The summed E-state index contributed by atoms with van der Waals surface area (Å²) in [7, 11) is -2.86. The van der Waals surface area contributed by atoms with Crippen molar-refractivity contribution in [3.05, 3.63) is 24.0 Å². The summed E-state index contributed by atoms with van der Waals surface area (Å²) >= 11 is 0. The SMILES string of the molecule is COC(=O)c1nc(NS(=O)(=O)c2cccc3c2OCCO3)n[nH]1.